The van der Waals surface area contributed by atoms with Crippen LogP contribution >= 0.6 is 11.3 Å². The van der Waals surface area contributed by atoms with Crippen molar-refractivity contribution < 1.29 is 9.53 Å². The summed E-state index contributed by atoms with van der Waals surface area (Å²) in [5.74, 6) is 0.809. The second-order valence-corrected chi connectivity index (χ2v) is 5.90. The molecule has 0 aliphatic carbocycles. The van der Waals surface area contributed by atoms with Crippen molar-refractivity contribution in [3.05, 3.63) is 35.0 Å². The lowest BCUT2D eigenvalue weighted by Crippen LogP contribution is -1.95. The standard InChI is InChI=1S/C16H17N3O2S/c1-3-5-14-18-19-13(10-20)15(17-16(19)22-14)11-6-8-12(9-7-11)21-4-2/h6-10H,3-5H2,1-2H3. The number of carbonyl (C=O) groups excluding carboxylic acids is 1. The lowest BCUT2D eigenvalue weighted by molar-refractivity contribution is 0.111. The van der Waals surface area contributed by atoms with E-state index in [2.05, 4.69) is 17.0 Å². The molecular weight excluding hydrogens is 298 g/mol. The molecule has 0 unspecified atom stereocenters. The summed E-state index contributed by atoms with van der Waals surface area (Å²) >= 11 is 1.54. The van der Waals surface area contributed by atoms with Gasteiger partial charge in [0.2, 0.25) is 4.96 Å². The molecule has 0 fully saturated rings. The Balaban J connectivity index is 2.02. The van der Waals surface area contributed by atoms with Gasteiger partial charge in [-0.25, -0.2) is 4.98 Å². The Kier molecular flexibility index (Phi) is 4.20. The van der Waals surface area contributed by atoms with Crippen molar-refractivity contribution in [2.24, 2.45) is 0 Å². The van der Waals surface area contributed by atoms with E-state index < -0.39 is 0 Å². The van der Waals surface area contributed by atoms with Gasteiger partial charge in [-0.3, -0.25) is 4.79 Å². The zero-order valence-corrected chi connectivity index (χ0v) is 13.4. The minimum Gasteiger partial charge on any atom is -0.494 e. The molecule has 3 rings (SSSR count). The second kappa shape index (κ2) is 6.27. The van der Waals surface area contributed by atoms with Crippen molar-refractivity contribution in [2.75, 3.05) is 6.61 Å². The monoisotopic (exact) mass is 315 g/mol. The van der Waals surface area contributed by atoms with E-state index in [0.29, 0.717) is 18.0 Å². The van der Waals surface area contributed by atoms with Gasteiger partial charge in [-0.2, -0.15) is 9.61 Å². The predicted molar refractivity (Wildman–Crippen MR) is 86.9 cm³/mol. The van der Waals surface area contributed by atoms with Gasteiger partial charge in [0, 0.05) is 12.0 Å². The van der Waals surface area contributed by atoms with Gasteiger partial charge in [-0.1, -0.05) is 18.3 Å². The number of hydrogen-bond donors (Lipinski definition) is 0. The maximum absolute atomic E-state index is 11.5. The molecule has 3 aromatic rings. The molecule has 0 aliphatic heterocycles. The number of nitrogens with zero attached hydrogens (tertiary/aromatic N) is 3. The van der Waals surface area contributed by atoms with Gasteiger partial charge in [0.15, 0.2) is 6.29 Å². The van der Waals surface area contributed by atoms with Crippen LogP contribution < -0.4 is 4.74 Å². The van der Waals surface area contributed by atoms with Crippen LogP contribution in [0.25, 0.3) is 16.2 Å². The summed E-state index contributed by atoms with van der Waals surface area (Å²) in [5, 5.41) is 5.49. The molecule has 0 saturated heterocycles. The summed E-state index contributed by atoms with van der Waals surface area (Å²) in [6.45, 7) is 4.68. The van der Waals surface area contributed by atoms with E-state index in [4.69, 9.17) is 4.74 Å². The second-order valence-electron chi connectivity index (χ2n) is 4.86. The number of aryl methyl sites for hydroxylation is 1. The molecule has 0 spiro atoms. The Hall–Kier alpha value is -2.21. The lowest BCUT2D eigenvalue weighted by atomic mass is 10.1. The van der Waals surface area contributed by atoms with E-state index >= 15 is 0 Å². The number of hydrogen-bond acceptors (Lipinski definition) is 5. The van der Waals surface area contributed by atoms with Gasteiger partial charge < -0.3 is 4.74 Å². The molecule has 114 valence electrons. The summed E-state index contributed by atoms with van der Waals surface area (Å²) in [6, 6.07) is 7.60. The van der Waals surface area contributed by atoms with Crippen molar-refractivity contribution in [2.45, 2.75) is 26.7 Å². The number of aldehydes is 1. The maximum Gasteiger partial charge on any atom is 0.213 e. The Labute approximate surface area is 132 Å². The van der Waals surface area contributed by atoms with Gasteiger partial charge in [0.25, 0.3) is 0 Å². The maximum atomic E-state index is 11.5. The first-order chi connectivity index (χ1) is 10.8. The molecule has 5 nitrogen and oxygen atoms in total. The SMILES string of the molecule is CCCc1nn2c(C=O)c(-c3ccc(OCC)cc3)nc2s1. The molecule has 6 heteroatoms. The number of imidazole rings is 1. The topological polar surface area (TPSA) is 56.5 Å². The van der Waals surface area contributed by atoms with Crippen molar-refractivity contribution in [3.63, 3.8) is 0 Å². The normalized spacial score (nSPS) is 11.0. The minimum absolute atomic E-state index is 0.498. The number of fused-ring (bicyclic) bond motifs is 1. The van der Waals surface area contributed by atoms with Crippen LogP contribution in [0, 0.1) is 0 Å². The van der Waals surface area contributed by atoms with Crippen molar-refractivity contribution >= 4 is 22.6 Å². The third-order valence-corrected chi connectivity index (χ3v) is 4.26. The van der Waals surface area contributed by atoms with Crippen molar-refractivity contribution in [3.8, 4) is 17.0 Å². The molecule has 1 aromatic carbocycles. The average molecular weight is 315 g/mol. The smallest absolute Gasteiger partial charge is 0.213 e. The molecule has 0 aliphatic rings. The zero-order chi connectivity index (χ0) is 15.5. The summed E-state index contributed by atoms with van der Waals surface area (Å²) in [5.41, 5.74) is 2.05. The zero-order valence-electron chi connectivity index (χ0n) is 12.6. The summed E-state index contributed by atoms with van der Waals surface area (Å²) in [7, 11) is 0. The van der Waals surface area contributed by atoms with Crippen LogP contribution in [-0.2, 0) is 6.42 Å². The van der Waals surface area contributed by atoms with E-state index in [1.165, 1.54) is 11.3 Å². The van der Waals surface area contributed by atoms with Gasteiger partial charge in [-0.15, -0.1) is 0 Å². The number of benzene rings is 1. The highest BCUT2D eigenvalue weighted by Gasteiger charge is 2.17. The lowest BCUT2D eigenvalue weighted by Gasteiger charge is -2.03. The van der Waals surface area contributed by atoms with Crippen LogP contribution in [0.4, 0.5) is 0 Å². The quantitative estimate of drug-likeness (QED) is 0.652. The van der Waals surface area contributed by atoms with Gasteiger partial charge in [-0.05, 0) is 37.6 Å². The molecule has 0 bridgehead atoms. The number of aromatic nitrogens is 3. The fraction of sp³-hybridized carbons (Fsp3) is 0.312. The number of ether oxygens (including phenoxy) is 1. The van der Waals surface area contributed by atoms with E-state index in [1.807, 2.05) is 31.2 Å². The van der Waals surface area contributed by atoms with Crippen LogP contribution in [0.2, 0.25) is 0 Å². The average Bonchev–Trinajstić information content (AvgIpc) is 3.05. The van der Waals surface area contributed by atoms with Gasteiger partial charge in [0.1, 0.15) is 22.1 Å². The molecule has 0 N–H and O–H groups in total. The van der Waals surface area contributed by atoms with E-state index in [1.54, 1.807) is 4.52 Å². The third-order valence-electron chi connectivity index (χ3n) is 3.29. The highest BCUT2D eigenvalue weighted by Crippen LogP contribution is 2.27. The number of carbonyl (C=O) groups is 1. The van der Waals surface area contributed by atoms with Gasteiger partial charge >= 0.3 is 0 Å². The van der Waals surface area contributed by atoms with Crippen LogP contribution in [0.15, 0.2) is 24.3 Å². The highest BCUT2D eigenvalue weighted by molar-refractivity contribution is 7.16. The molecule has 22 heavy (non-hydrogen) atoms. The van der Waals surface area contributed by atoms with Crippen LogP contribution in [0.3, 0.4) is 0 Å². The van der Waals surface area contributed by atoms with E-state index in [0.717, 1.165) is 40.4 Å². The molecule has 2 aromatic heterocycles. The minimum atomic E-state index is 0.498. The molecule has 0 atom stereocenters. The number of rotatable bonds is 6. The van der Waals surface area contributed by atoms with Crippen LogP contribution in [0.1, 0.15) is 35.8 Å². The largest absolute Gasteiger partial charge is 0.494 e. The van der Waals surface area contributed by atoms with Gasteiger partial charge in [0.05, 0.1) is 6.61 Å². The Bertz CT molecular complexity index is 790. The molecule has 0 amide bonds. The molecule has 0 saturated carbocycles. The van der Waals surface area contributed by atoms with Crippen molar-refractivity contribution in [1.29, 1.82) is 0 Å². The van der Waals surface area contributed by atoms with E-state index in [9.17, 15) is 4.79 Å². The Morgan fingerprint density at radius 2 is 2.05 bits per heavy atom. The predicted octanol–water partition coefficient (Wildman–Crippen LogP) is 3.62. The molecular formula is C16H17N3O2S. The molecule has 2 heterocycles. The Morgan fingerprint density at radius 1 is 1.27 bits per heavy atom. The molecule has 0 radical (unpaired) electrons. The summed E-state index contributed by atoms with van der Waals surface area (Å²) in [4.78, 5) is 16.8. The van der Waals surface area contributed by atoms with Crippen LogP contribution in [-0.4, -0.2) is 27.5 Å². The fourth-order valence-electron chi connectivity index (χ4n) is 2.31. The first-order valence-electron chi connectivity index (χ1n) is 7.33. The fourth-order valence-corrected chi connectivity index (χ4v) is 3.31. The third kappa shape index (κ3) is 2.62. The summed E-state index contributed by atoms with van der Waals surface area (Å²) in [6.07, 6.45) is 2.75. The highest BCUT2D eigenvalue weighted by atomic mass is 32.1. The van der Waals surface area contributed by atoms with Crippen LogP contribution in [0.5, 0.6) is 5.75 Å². The Morgan fingerprint density at radius 3 is 2.68 bits per heavy atom. The summed E-state index contributed by atoms with van der Waals surface area (Å²) < 4.78 is 7.08. The first kappa shape index (κ1) is 14.7. The first-order valence-corrected chi connectivity index (χ1v) is 8.15. The van der Waals surface area contributed by atoms with E-state index in [-0.39, 0.29) is 0 Å². The van der Waals surface area contributed by atoms with Crippen molar-refractivity contribution in [1.82, 2.24) is 14.6 Å².